The normalized spacial score (nSPS) is 12.4. The zero-order valence-electron chi connectivity index (χ0n) is 17.1. The van der Waals surface area contributed by atoms with Crippen LogP contribution in [0.15, 0.2) is 41.1 Å². The van der Waals surface area contributed by atoms with Crippen LogP contribution in [0.2, 0.25) is 0 Å². The summed E-state index contributed by atoms with van der Waals surface area (Å²) < 4.78 is 3.83. The molecule has 2 aromatic heterocycles. The Kier molecular flexibility index (Phi) is 6.14. The minimum atomic E-state index is -0.815. The van der Waals surface area contributed by atoms with Crippen LogP contribution < -0.4 is 10.2 Å². The van der Waals surface area contributed by atoms with Gasteiger partial charge in [0.1, 0.15) is 0 Å². The van der Waals surface area contributed by atoms with Crippen molar-refractivity contribution < 1.29 is 9.59 Å². The zero-order valence-corrected chi connectivity index (χ0v) is 18.7. The van der Waals surface area contributed by atoms with Crippen LogP contribution >= 0.6 is 22.9 Å². The van der Waals surface area contributed by atoms with Gasteiger partial charge in [-0.3, -0.25) is 14.5 Å². The van der Waals surface area contributed by atoms with E-state index in [0.717, 1.165) is 27.5 Å². The quantitative estimate of drug-likeness (QED) is 0.648. The number of nitrogens with one attached hydrogen (secondary N) is 1. The van der Waals surface area contributed by atoms with Crippen LogP contribution in [0.5, 0.6) is 0 Å². The van der Waals surface area contributed by atoms with Gasteiger partial charge in [0.15, 0.2) is 11.7 Å². The Morgan fingerprint density at radius 3 is 2.34 bits per heavy atom. The summed E-state index contributed by atoms with van der Waals surface area (Å²) in [6.07, 6.45) is 0. The number of amides is 2. The summed E-state index contributed by atoms with van der Waals surface area (Å²) in [5.41, 5.74) is 2.46. The lowest BCUT2D eigenvalue weighted by molar-refractivity contribution is -0.123. The highest BCUT2D eigenvalue weighted by molar-refractivity contribution is 7.10. The molecule has 0 aliphatic carbocycles. The van der Waals surface area contributed by atoms with Crippen LogP contribution in [-0.2, 0) is 4.79 Å². The van der Waals surface area contributed by atoms with Gasteiger partial charge in [0.05, 0.1) is 0 Å². The highest BCUT2D eigenvalue weighted by Crippen LogP contribution is 2.33. The average Bonchev–Trinajstić information content (AvgIpc) is 3.29. The first-order chi connectivity index (χ1) is 13.7. The van der Waals surface area contributed by atoms with Gasteiger partial charge in [-0.15, -0.1) is 16.4 Å². The van der Waals surface area contributed by atoms with Crippen LogP contribution in [0.1, 0.15) is 53.3 Å². The van der Waals surface area contributed by atoms with Crippen molar-refractivity contribution in [1.29, 1.82) is 0 Å². The highest BCUT2D eigenvalue weighted by Gasteiger charge is 2.36. The molecule has 0 aliphatic rings. The number of nitrogens with zero attached hydrogens (tertiary/aromatic N) is 3. The number of aromatic nitrogens is 2. The molecule has 1 aromatic carbocycles. The van der Waals surface area contributed by atoms with E-state index in [1.807, 2.05) is 70.3 Å². The van der Waals surface area contributed by atoms with Crippen molar-refractivity contribution in [3.63, 3.8) is 0 Å². The van der Waals surface area contributed by atoms with E-state index in [1.54, 1.807) is 5.38 Å². The van der Waals surface area contributed by atoms with E-state index in [-0.39, 0.29) is 17.5 Å². The Morgan fingerprint density at radius 2 is 1.83 bits per heavy atom. The van der Waals surface area contributed by atoms with Crippen molar-refractivity contribution in [3.8, 4) is 0 Å². The molecule has 8 heteroatoms. The molecule has 0 spiro atoms. The molecule has 2 amide bonds. The molecule has 3 rings (SSSR count). The molecule has 1 atom stereocenters. The summed E-state index contributed by atoms with van der Waals surface area (Å²) in [5, 5.41) is 10.5. The Balaban J connectivity index is 2.17. The van der Waals surface area contributed by atoms with Crippen molar-refractivity contribution >= 4 is 40.4 Å². The Hall–Kier alpha value is -2.58. The molecular formula is C21H24N4O2S2. The lowest BCUT2D eigenvalue weighted by Gasteiger charge is -2.33. The van der Waals surface area contributed by atoms with Crippen LogP contribution in [0.4, 0.5) is 5.69 Å². The molecule has 0 unspecified atom stereocenters. The lowest BCUT2D eigenvalue weighted by Crippen LogP contribution is -2.49. The molecule has 2 heterocycles. The van der Waals surface area contributed by atoms with E-state index in [4.69, 9.17) is 0 Å². The molecule has 29 heavy (non-hydrogen) atoms. The predicted molar refractivity (Wildman–Crippen MR) is 118 cm³/mol. The molecule has 0 bridgehead atoms. The number of rotatable bonds is 5. The number of hydrogen-bond donors (Lipinski definition) is 1. The van der Waals surface area contributed by atoms with E-state index in [9.17, 15) is 9.59 Å². The summed E-state index contributed by atoms with van der Waals surface area (Å²) in [6.45, 7) is 9.70. The van der Waals surface area contributed by atoms with Gasteiger partial charge in [0.2, 0.25) is 5.91 Å². The summed E-state index contributed by atoms with van der Waals surface area (Å²) in [7, 11) is 0. The van der Waals surface area contributed by atoms with Crippen molar-refractivity contribution in [2.24, 2.45) is 0 Å². The molecule has 6 nitrogen and oxygen atoms in total. The SMILES string of the molecule is Cc1cc(C)cc(N(C(=O)c2csnn2)[C@H](C(=O)NC(C)(C)C)c2cccs2)c1. The molecule has 1 N–H and O–H groups in total. The molecule has 3 aromatic rings. The van der Waals surface area contributed by atoms with Gasteiger partial charge in [-0.2, -0.15) is 0 Å². The Bertz CT molecular complexity index is 972. The highest BCUT2D eigenvalue weighted by atomic mass is 32.1. The third-order valence-electron chi connectivity index (χ3n) is 4.10. The lowest BCUT2D eigenvalue weighted by atomic mass is 10.0. The first kappa shape index (κ1) is 21.1. The second-order valence-electron chi connectivity index (χ2n) is 7.97. The van der Waals surface area contributed by atoms with Crippen LogP contribution in [0.25, 0.3) is 0 Å². The number of benzene rings is 1. The van der Waals surface area contributed by atoms with Crippen molar-refractivity contribution in [3.05, 3.63) is 62.8 Å². The molecular weight excluding hydrogens is 404 g/mol. The molecule has 152 valence electrons. The number of anilines is 1. The second-order valence-corrected chi connectivity index (χ2v) is 9.56. The molecule has 0 aliphatic heterocycles. The van der Waals surface area contributed by atoms with Gasteiger partial charge >= 0.3 is 0 Å². The second kappa shape index (κ2) is 8.42. The summed E-state index contributed by atoms with van der Waals surface area (Å²) in [6, 6.07) is 8.80. The maximum Gasteiger partial charge on any atom is 0.280 e. The van der Waals surface area contributed by atoms with E-state index in [1.165, 1.54) is 16.2 Å². The minimum absolute atomic E-state index is 0.222. The van der Waals surface area contributed by atoms with Crippen LogP contribution in [0.3, 0.4) is 0 Å². The van der Waals surface area contributed by atoms with Gasteiger partial charge in [-0.25, -0.2) is 0 Å². The Labute approximate surface area is 178 Å². The van der Waals surface area contributed by atoms with Crippen LogP contribution in [0, 0.1) is 13.8 Å². The van der Waals surface area contributed by atoms with Gasteiger partial charge in [0.25, 0.3) is 5.91 Å². The monoisotopic (exact) mass is 428 g/mol. The van der Waals surface area contributed by atoms with E-state index in [2.05, 4.69) is 14.9 Å². The molecule has 0 radical (unpaired) electrons. The van der Waals surface area contributed by atoms with E-state index >= 15 is 0 Å². The number of hydrogen-bond acceptors (Lipinski definition) is 6. The van der Waals surface area contributed by atoms with Gasteiger partial charge in [0, 0.05) is 21.5 Å². The largest absolute Gasteiger partial charge is 0.349 e. The van der Waals surface area contributed by atoms with E-state index in [0.29, 0.717) is 5.69 Å². The van der Waals surface area contributed by atoms with Crippen molar-refractivity contribution in [2.75, 3.05) is 4.90 Å². The number of carbonyl (C=O) groups excluding carboxylic acids is 2. The molecule has 0 fully saturated rings. The fourth-order valence-corrected chi connectivity index (χ4v) is 4.36. The number of carbonyl (C=O) groups is 2. The fourth-order valence-electron chi connectivity index (χ4n) is 3.11. The summed E-state index contributed by atoms with van der Waals surface area (Å²) >= 11 is 2.55. The topological polar surface area (TPSA) is 75.2 Å². The van der Waals surface area contributed by atoms with Gasteiger partial charge in [-0.1, -0.05) is 16.6 Å². The first-order valence-electron chi connectivity index (χ1n) is 9.20. The Morgan fingerprint density at radius 1 is 1.14 bits per heavy atom. The predicted octanol–water partition coefficient (Wildman–Crippen LogP) is 4.52. The smallest absolute Gasteiger partial charge is 0.280 e. The fraction of sp³-hybridized carbons (Fsp3) is 0.333. The standard InChI is InChI=1S/C21H24N4O2S2/c1-13-9-14(2)11-15(10-13)25(20(27)16-12-29-24-23-16)18(17-7-6-8-28-17)19(26)22-21(3,4)5/h6-12,18H,1-5H3,(H,22,26)/t18-/m0/s1. The zero-order chi connectivity index (χ0) is 21.2. The van der Waals surface area contributed by atoms with E-state index < -0.39 is 11.6 Å². The first-order valence-corrected chi connectivity index (χ1v) is 10.9. The maximum atomic E-state index is 13.5. The number of aryl methyl sites for hydroxylation is 2. The molecule has 0 saturated heterocycles. The third-order valence-corrected chi connectivity index (χ3v) is 5.53. The van der Waals surface area contributed by atoms with Crippen molar-refractivity contribution in [2.45, 2.75) is 46.2 Å². The molecule has 0 saturated carbocycles. The summed E-state index contributed by atoms with van der Waals surface area (Å²) in [4.78, 5) is 29.2. The maximum absolute atomic E-state index is 13.5. The summed E-state index contributed by atoms with van der Waals surface area (Å²) in [5.74, 6) is -0.596. The number of thiophene rings is 1. The minimum Gasteiger partial charge on any atom is -0.349 e. The van der Waals surface area contributed by atoms with Gasteiger partial charge < -0.3 is 5.32 Å². The van der Waals surface area contributed by atoms with Crippen LogP contribution in [-0.4, -0.2) is 26.9 Å². The third kappa shape index (κ3) is 5.07. The van der Waals surface area contributed by atoms with Gasteiger partial charge in [-0.05, 0) is 80.9 Å². The average molecular weight is 429 g/mol. The van der Waals surface area contributed by atoms with Crippen molar-refractivity contribution in [1.82, 2.24) is 14.9 Å².